The van der Waals surface area contributed by atoms with E-state index in [4.69, 9.17) is 5.73 Å². The molecule has 2 N–H and O–H groups in total. The van der Waals surface area contributed by atoms with Crippen LogP contribution in [-0.2, 0) is 0 Å². The average molecular weight is 237 g/mol. The molecular weight excluding hydrogens is 229 g/mol. The maximum atomic E-state index is 13.2. The SMILES string of the molecule is N[C@H](c1c(F)c(F)c(F)c(F)c1F)C1CC1. The fraction of sp³-hybridized carbons (Fsp3) is 0.400. The molecule has 88 valence electrons. The van der Waals surface area contributed by atoms with Gasteiger partial charge in [0.05, 0.1) is 0 Å². The van der Waals surface area contributed by atoms with Crippen molar-refractivity contribution in [1.82, 2.24) is 0 Å². The zero-order valence-corrected chi connectivity index (χ0v) is 8.04. The number of hydrogen-bond donors (Lipinski definition) is 1. The van der Waals surface area contributed by atoms with Gasteiger partial charge in [0.2, 0.25) is 5.82 Å². The highest BCUT2D eigenvalue weighted by molar-refractivity contribution is 5.28. The molecule has 0 aliphatic heterocycles. The van der Waals surface area contributed by atoms with Crippen LogP contribution in [0.5, 0.6) is 0 Å². The van der Waals surface area contributed by atoms with Gasteiger partial charge in [0.15, 0.2) is 23.3 Å². The summed E-state index contributed by atoms with van der Waals surface area (Å²) in [6.07, 6.45) is 1.28. The molecule has 1 saturated carbocycles. The summed E-state index contributed by atoms with van der Waals surface area (Å²) in [6, 6.07) is -1.13. The molecule has 0 aromatic heterocycles. The second-order valence-corrected chi connectivity index (χ2v) is 3.85. The zero-order valence-electron chi connectivity index (χ0n) is 8.04. The van der Waals surface area contributed by atoms with E-state index in [1.807, 2.05) is 0 Å². The van der Waals surface area contributed by atoms with E-state index in [0.717, 1.165) is 0 Å². The van der Waals surface area contributed by atoms with Crippen molar-refractivity contribution in [1.29, 1.82) is 0 Å². The number of hydrogen-bond acceptors (Lipinski definition) is 1. The Morgan fingerprint density at radius 3 is 1.56 bits per heavy atom. The molecule has 1 fully saturated rings. The van der Waals surface area contributed by atoms with Gasteiger partial charge in [-0.05, 0) is 18.8 Å². The maximum Gasteiger partial charge on any atom is 0.200 e. The molecule has 0 saturated heterocycles. The van der Waals surface area contributed by atoms with Gasteiger partial charge in [0.25, 0.3) is 0 Å². The van der Waals surface area contributed by atoms with Crippen molar-refractivity contribution in [2.24, 2.45) is 11.7 Å². The molecule has 0 spiro atoms. The van der Waals surface area contributed by atoms with E-state index in [0.29, 0.717) is 12.8 Å². The lowest BCUT2D eigenvalue weighted by molar-refractivity contribution is 0.360. The Morgan fingerprint density at radius 1 is 0.812 bits per heavy atom. The standard InChI is InChI=1S/C10H8F5N/c11-5-4(10(16)3-1-2-3)6(12)8(14)9(15)7(5)13/h3,10H,1-2,16H2/t10-/m0/s1. The Labute approximate surface area is 88.1 Å². The Balaban J connectivity index is 2.59. The third-order valence-electron chi connectivity index (χ3n) is 2.71. The summed E-state index contributed by atoms with van der Waals surface area (Å²) >= 11 is 0. The first kappa shape index (κ1) is 11.3. The molecule has 6 heteroatoms. The van der Waals surface area contributed by atoms with Crippen LogP contribution in [0.4, 0.5) is 22.0 Å². The number of halogens is 5. The van der Waals surface area contributed by atoms with Gasteiger partial charge in [-0.15, -0.1) is 0 Å². The highest BCUT2D eigenvalue weighted by Gasteiger charge is 2.36. The van der Waals surface area contributed by atoms with E-state index < -0.39 is 40.7 Å². The van der Waals surface area contributed by atoms with Gasteiger partial charge in [0, 0.05) is 11.6 Å². The molecule has 0 radical (unpaired) electrons. The van der Waals surface area contributed by atoms with Gasteiger partial charge in [-0.2, -0.15) is 0 Å². The van der Waals surface area contributed by atoms with Crippen LogP contribution in [0.25, 0.3) is 0 Å². The summed E-state index contributed by atoms with van der Waals surface area (Å²) < 4.78 is 64.9. The highest BCUT2D eigenvalue weighted by atomic mass is 19.2. The Hall–Kier alpha value is -1.17. The van der Waals surface area contributed by atoms with Gasteiger partial charge in [0.1, 0.15) is 0 Å². The number of rotatable bonds is 2. The number of benzene rings is 1. The van der Waals surface area contributed by atoms with E-state index in [1.165, 1.54) is 0 Å². The lowest BCUT2D eigenvalue weighted by Gasteiger charge is -2.14. The molecule has 1 aromatic carbocycles. The normalized spacial score (nSPS) is 17.6. The summed E-state index contributed by atoms with van der Waals surface area (Å²) in [5.41, 5.74) is 4.55. The molecule has 2 rings (SSSR count). The summed E-state index contributed by atoms with van der Waals surface area (Å²) in [4.78, 5) is 0. The van der Waals surface area contributed by atoms with Gasteiger partial charge >= 0.3 is 0 Å². The molecule has 1 atom stereocenters. The van der Waals surface area contributed by atoms with E-state index in [9.17, 15) is 22.0 Å². The van der Waals surface area contributed by atoms with Crippen molar-refractivity contribution in [3.63, 3.8) is 0 Å². The smallest absolute Gasteiger partial charge is 0.200 e. The predicted octanol–water partition coefficient (Wildman–Crippen LogP) is 2.79. The molecule has 0 amide bonds. The average Bonchev–Trinajstić information content (AvgIpc) is 3.07. The molecule has 1 aromatic rings. The molecular formula is C10H8F5N. The maximum absolute atomic E-state index is 13.2. The Morgan fingerprint density at radius 2 is 1.19 bits per heavy atom. The first-order chi connectivity index (χ1) is 7.45. The second kappa shape index (κ2) is 3.69. The van der Waals surface area contributed by atoms with Gasteiger partial charge in [-0.1, -0.05) is 0 Å². The van der Waals surface area contributed by atoms with Crippen LogP contribution < -0.4 is 5.73 Å². The van der Waals surface area contributed by atoms with E-state index in [2.05, 4.69) is 0 Å². The minimum Gasteiger partial charge on any atom is -0.324 e. The van der Waals surface area contributed by atoms with E-state index in [-0.39, 0.29) is 5.92 Å². The van der Waals surface area contributed by atoms with Crippen LogP contribution >= 0.6 is 0 Å². The zero-order chi connectivity index (χ0) is 12.0. The van der Waals surface area contributed by atoms with Crippen molar-refractivity contribution >= 4 is 0 Å². The minimum atomic E-state index is -2.15. The predicted molar refractivity (Wildman–Crippen MR) is 45.9 cm³/mol. The fourth-order valence-corrected chi connectivity index (χ4v) is 1.61. The topological polar surface area (TPSA) is 26.0 Å². The third kappa shape index (κ3) is 1.57. The molecule has 16 heavy (non-hydrogen) atoms. The third-order valence-corrected chi connectivity index (χ3v) is 2.71. The van der Waals surface area contributed by atoms with Crippen molar-refractivity contribution in [2.45, 2.75) is 18.9 Å². The Kier molecular flexibility index (Phi) is 2.61. The summed E-state index contributed by atoms with van der Waals surface area (Å²) in [7, 11) is 0. The Bertz CT molecular complexity index is 412. The van der Waals surface area contributed by atoms with Crippen LogP contribution in [0.1, 0.15) is 24.4 Å². The first-order valence-corrected chi connectivity index (χ1v) is 4.72. The monoisotopic (exact) mass is 237 g/mol. The van der Waals surface area contributed by atoms with Crippen molar-refractivity contribution < 1.29 is 22.0 Å². The van der Waals surface area contributed by atoms with Gasteiger partial charge in [-0.3, -0.25) is 0 Å². The fourth-order valence-electron chi connectivity index (χ4n) is 1.61. The van der Waals surface area contributed by atoms with Crippen molar-refractivity contribution in [3.8, 4) is 0 Å². The van der Waals surface area contributed by atoms with Gasteiger partial charge < -0.3 is 5.73 Å². The second-order valence-electron chi connectivity index (χ2n) is 3.85. The molecule has 0 heterocycles. The molecule has 1 aliphatic rings. The lowest BCUT2D eigenvalue weighted by Crippen LogP contribution is -2.19. The van der Waals surface area contributed by atoms with Crippen LogP contribution in [-0.4, -0.2) is 0 Å². The van der Waals surface area contributed by atoms with Gasteiger partial charge in [-0.25, -0.2) is 22.0 Å². The van der Waals surface area contributed by atoms with Crippen LogP contribution in [0.15, 0.2) is 0 Å². The number of nitrogens with two attached hydrogens (primary N) is 1. The summed E-state index contributed by atoms with van der Waals surface area (Å²) in [5, 5.41) is 0. The molecule has 0 bridgehead atoms. The van der Waals surface area contributed by atoms with Crippen molar-refractivity contribution in [2.75, 3.05) is 0 Å². The van der Waals surface area contributed by atoms with Crippen LogP contribution in [0.2, 0.25) is 0 Å². The quantitative estimate of drug-likeness (QED) is 0.477. The first-order valence-electron chi connectivity index (χ1n) is 4.72. The summed E-state index contributed by atoms with van der Waals surface area (Å²) in [5.74, 6) is -9.88. The van der Waals surface area contributed by atoms with Crippen LogP contribution in [0.3, 0.4) is 0 Å². The summed E-state index contributed by atoms with van der Waals surface area (Å²) in [6.45, 7) is 0. The largest absolute Gasteiger partial charge is 0.324 e. The van der Waals surface area contributed by atoms with Crippen LogP contribution in [0, 0.1) is 35.0 Å². The molecule has 1 nitrogen and oxygen atoms in total. The van der Waals surface area contributed by atoms with Crippen molar-refractivity contribution in [3.05, 3.63) is 34.6 Å². The lowest BCUT2D eigenvalue weighted by atomic mass is 10.0. The molecule has 0 unspecified atom stereocenters. The minimum absolute atomic E-state index is 0.201. The van der Waals surface area contributed by atoms with E-state index >= 15 is 0 Å². The van der Waals surface area contributed by atoms with E-state index in [1.54, 1.807) is 0 Å². The highest BCUT2D eigenvalue weighted by Crippen LogP contribution is 2.41. The molecule has 1 aliphatic carbocycles.